The Bertz CT molecular complexity index is 1230. The average Bonchev–Trinajstić information content (AvgIpc) is 3.14. The highest BCUT2D eigenvalue weighted by molar-refractivity contribution is 5.88. The van der Waals surface area contributed by atoms with E-state index in [4.69, 9.17) is 6.58 Å². The SMILES string of the molecule is C=C1c2ccc(N(c3ccccc3)c3ccccc3)cc2C2=CC=CC/C(=C\C1(CC)CC)C2. The Labute approximate surface area is 204 Å². The largest absolute Gasteiger partial charge is 0.310 e. The second-order valence-electron chi connectivity index (χ2n) is 9.38. The van der Waals surface area contributed by atoms with Gasteiger partial charge in [0.1, 0.15) is 0 Å². The number of rotatable bonds is 5. The molecule has 2 aliphatic rings. The van der Waals surface area contributed by atoms with Gasteiger partial charge in [-0.15, -0.1) is 0 Å². The highest BCUT2D eigenvalue weighted by atomic mass is 15.1. The van der Waals surface area contributed by atoms with E-state index in [2.05, 4.69) is 122 Å². The monoisotopic (exact) mass is 443 g/mol. The highest BCUT2D eigenvalue weighted by Gasteiger charge is 2.32. The lowest BCUT2D eigenvalue weighted by molar-refractivity contribution is 0.470. The van der Waals surface area contributed by atoms with Gasteiger partial charge in [0.25, 0.3) is 0 Å². The number of allylic oxidation sites excluding steroid dienone is 7. The van der Waals surface area contributed by atoms with Gasteiger partial charge in [-0.25, -0.2) is 0 Å². The van der Waals surface area contributed by atoms with Gasteiger partial charge in [0, 0.05) is 22.5 Å². The molecule has 1 nitrogen and oxygen atoms in total. The van der Waals surface area contributed by atoms with Crippen molar-refractivity contribution in [1.29, 1.82) is 0 Å². The maximum absolute atomic E-state index is 4.70. The van der Waals surface area contributed by atoms with Gasteiger partial charge < -0.3 is 4.90 Å². The van der Waals surface area contributed by atoms with Crippen LogP contribution in [0.5, 0.6) is 0 Å². The molecule has 1 heteroatoms. The Morgan fingerprint density at radius 1 is 0.794 bits per heavy atom. The Hall–Kier alpha value is -3.58. The number of hydrogen-bond donors (Lipinski definition) is 0. The van der Waals surface area contributed by atoms with E-state index in [-0.39, 0.29) is 5.41 Å². The third-order valence-corrected chi connectivity index (χ3v) is 7.54. The molecule has 5 rings (SSSR count). The molecular weight excluding hydrogens is 410 g/mol. The predicted octanol–water partition coefficient (Wildman–Crippen LogP) is 9.65. The lowest BCUT2D eigenvalue weighted by Crippen LogP contribution is -2.21. The van der Waals surface area contributed by atoms with Crippen LogP contribution in [0, 0.1) is 5.41 Å². The Morgan fingerprint density at radius 3 is 2.06 bits per heavy atom. The molecule has 0 aromatic heterocycles. The van der Waals surface area contributed by atoms with Crippen molar-refractivity contribution in [3.8, 4) is 0 Å². The van der Waals surface area contributed by atoms with E-state index in [0.29, 0.717) is 0 Å². The minimum absolute atomic E-state index is 0.00779. The summed E-state index contributed by atoms with van der Waals surface area (Å²) < 4.78 is 0. The first-order valence-corrected chi connectivity index (χ1v) is 12.5. The van der Waals surface area contributed by atoms with Crippen LogP contribution in [0.3, 0.4) is 0 Å². The molecular formula is C33H33N. The number of anilines is 3. The molecule has 0 spiro atoms. The molecule has 0 unspecified atom stereocenters. The van der Waals surface area contributed by atoms with E-state index >= 15 is 0 Å². The zero-order chi connectivity index (χ0) is 23.5. The van der Waals surface area contributed by atoms with E-state index in [1.165, 1.54) is 33.5 Å². The Kier molecular flexibility index (Phi) is 6.11. The van der Waals surface area contributed by atoms with Gasteiger partial charge in [-0.2, -0.15) is 0 Å². The van der Waals surface area contributed by atoms with Gasteiger partial charge >= 0.3 is 0 Å². The first kappa shape index (κ1) is 22.2. The van der Waals surface area contributed by atoms with Gasteiger partial charge in [-0.1, -0.05) is 92.8 Å². The molecule has 0 fully saturated rings. The van der Waals surface area contributed by atoms with Crippen molar-refractivity contribution in [2.45, 2.75) is 39.5 Å². The van der Waals surface area contributed by atoms with Crippen molar-refractivity contribution >= 4 is 28.2 Å². The molecule has 0 amide bonds. The Balaban J connectivity index is 1.72. The average molecular weight is 444 g/mol. The van der Waals surface area contributed by atoms with Crippen molar-refractivity contribution in [1.82, 2.24) is 0 Å². The second-order valence-corrected chi connectivity index (χ2v) is 9.38. The molecule has 0 atom stereocenters. The smallest absolute Gasteiger partial charge is 0.0468 e. The van der Waals surface area contributed by atoms with Gasteiger partial charge in [0.15, 0.2) is 0 Å². The summed E-state index contributed by atoms with van der Waals surface area (Å²) in [5, 5.41) is 0. The van der Waals surface area contributed by atoms with Crippen LogP contribution in [-0.2, 0) is 0 Å². The van der Waals surface area contributed by atoms with E-state index in [1.807, 2.05) is 0 Å². The molecule has 3 aromatic carbocycles. The van der Waals surface area contributed by atoms with Crippen molar-refractivity contribution in [3.05, 3.63) is 126 Å². The van der Waals surface area contributed by atoms with E-state index in [0.717, 1.165) is 37.1 Å². The van der Waals surface area contributed by atoms with Crippen molar-refractivity contribution < 1.29 is 0 Å². The van der Waals surface area contributed by atoms with Crippen molar-refractivity contribution in [2.24, 2.45) is 5.41 Å². The number of para-hydroxylation sites is 2. The predicted molar refractivity (Wildman–Crippen MR) is 148 cm³/mol. The molecule has 0 saturated heterocycles. The number of fused-ring (bicyclic) bond motifs is 4. The van der Waals surface area contributed by atoms with Crippen LogP contribution in [0.4, 0.5) is 17.1 Å². The van der Waals surface area contributed by atoms with Crippen LogP contribution < -0.4 is 4.90 Å². The molecule has 2 aliphatic carbocycles. The van der Waals surface area contributed by atoms with E-state index < -0.39 is 0 Å². The zero-order valence-corrected chi connectivity index (χ0v) is 20.3. The summed E-state index contributed by atoms with van der Waals surface area (Å²) in [7, 11) is 0. The lowest BCUT2D eigenvalue weighted by Gasteiger charge is -2.36. The summed E-state index contributed by atoms with van der Waals surface area (Å²) in [6.45, 7) is 9.30. The van der Waals surface area contributed by atoms with Gasteiger partial charge in [-0.3, -0.25) is 0 Å². The molecule has 0 radical (unpaired) electrons. The first-order valence-electron chi connectivity index (χ1n) is 12.5. The standard InChI is InChI=1S/C33H33N/c1-4-33(5-2)24-26-14-12-13-15-27(22-26)32-23-30(20-21-31(32)25(33)3)34(28-16-8-6-9-17-28)29-18-10-7-11-19-29/h6-13,15-21,23-24H,3-5,14,22H2,1-2H3/b26-24+. The fourth-order valence-electron chi connectivity index (χ4n) is 5.50. The third-order valence-electron chi connectivity index (χ3n) is 7.54. The first-order chi connectivity index (χ1) is 16.6. The summed E-state index contributed by atoms with van der Waals surface area (Å²) in [4.78, 5) is 2.35. The van der Waals surface area contributed by atoms with Gasteiger partial charge in [0.05, 0.1) is 0 Å². The van der Waals surface area contributed by atoms with Crippen LogP contribution >= 0.6 is 0 Å². The topological polar surface area (TPSA) is 3.24 Å². The van der Waals surface area contributed by atoms with Crippen molar-refractivity contribution in [2.75, 3.05) is 4.90 Å². The minimum atomic E-state index is 0.00779. The van der Waals surface area contributed by atoms with Gasteiger partial charge in [0.2, 0.25) is 0 Å². The lowest BCUT2D eigenvalue weighted by atomic mass is 9.69. The summed E-state index contributed by atoms with van der Waals surface area (Å²) >= 11 is 0. The van der Waals surface area contributed by atoms with Crippen molar-refractivity contribution in [3.63, 3.8) is 0 Å². The molecule has 170 valence electrons. The van der Waals surface area contributed by atoms with Crippen LogP contribution in [0.2, 0.25) is 0 Å². The Morgan fingerprint density at radius 2 is 1.44 bits per heavy atom. The maximum atomic E-state index is 4.70. The normalized spacial score (nSPS) is 18.0. The maximum Gasteiger partial charge on any atom is 0.0468 e. The van der Waals surface area contributed by atoms with Crippen LogP contribution in [0.15, 0.2) is 115 Å². The zero-order valence-electron chi connectivity index (χ0n) is 20.3. The van der Waals surface area contributed by atoms with Crippen LogP contribution in [0.25, 0.3) is 11.1 Å². The molecule has 34 heavy (non-hydrogen) atoms. The number of hydrogen-bond acceptors (Lipinski definition) is 1. The fourth-order valence-corrected chi connectivity index (χ4v) is 5.50. The number of benzene rings is 3. The third kappa shape index (κ3) is 3.96. The molecule has 0 saturated carbocycles. The summed E-state index contributed by atoms with van der Waals surface area (Å²) in [6, 6.07) is 28.2. The van der Waals surface area contributed by atoms with Gasteiger partial charge in [-0.05, 0) is 84.4 Å². The van der Waals surface area contributed by atoms with E-state index in [1.54, 1.807) is 0 Å². The summed E-state index contributed by atoms with van der Waals surface area (Å²) in [5.41, 5.74) is 10.2. The molecule has 3 aromatic rings. The number of nitrogens with zero attached hydrogens (tertiary/aromatic N) is 1. The highest BCUT2D eigenvalue weighted by Crippen LogP contribution is 2.49. The summed E-state index contributed by atoms with van der Waals surface area (Å²) in [6.07, 6.45) is 13.5. The molecule has 2 bridgehead atoms. The summed E-state index contributed by atoms with van der Waals surface area (Å²) in [5.74, 6) is 0. The quantitative estimate of drug-likeness (QED) is 0.355. The fraction of sp³-hybridized carbons (Fsp3) is 0.212. The van der Waals surface area contributed by atoms with Crippen LogP contribution in [-0.4, -0.2) is 0 Å². The van der Waals surface area contributed by atoms with Crippen LogP contribution in [0.1, 0.15) is 50.7 Å². The van der Waals surface area contributed by atoms with E-state index in [9.17, 15) is 0 Å². The second kappa shape index (κ2) is 9.35. The minimum Gasteiger partial charge on any atom is -0.310 e. The molecule has 0 aliphatic heterocycles. The molecule has 0 N–H and O–H groups in total. The molecule has 0 heterocycles.